The molecule has 2 rings (SSSR count). The molecular formula is C11H14ClN5O. The van der Waals surface area contributed by atoms with Gasteiger partial charge in [-0.3, -0.25) is 14.2 Å². The van der Waals surface area contributed by atoms with Gasteiger partial charge < -0.3 is 5.32 Å². The van der Waals surface area contributed by atoms with Gasteiger partial charge in [0.05, 0.1) is 22.6 Å². The Labute approximate surface area is 110 Å². The molecule has 1 N–H and O–H groups in total. The number of anilines is 1. The highest BCUT2D eigenvalue weighted by Gasteiger charge is 2.08. The van der Waals surface area contributed by atoms with Crippen molar-refractivity contribution >= 4 is 23.2 Å². The molecule has 1 amide bonds. The number of aromatic nitrogens is 4. The maximum Gasteiger partial charge on any atom is 0.226 e. The highest BCUT2D eigenvalue weighted by Crippen LogP contribution is 2.12. The Morgan fingerprint density at radius 3 is 2.83 bits per heavy atom. The van der Waals surface area contributed by atoms with Crippen LogP contribution in [-0.2, 0) is 18.4 Å². The van der Waals surface area contributed by atoms with Crippen molar-refractivity contribution in [2.24, 2.45) is 7.05 Å². The predicted octanol–water partition coefficient (Wildman–Crippen LogP) is 1.61. The minimum absolute atomic E-state index is 0.0716. The van der Waals surface area contributed by atoms with Crippen LogP contribution in [0.5, 0.6) is 0 Å². The fourth-order valence-electron chi connectivity index (χ4n) is 1.61. The Hall–Kier alpha value is -1.82. The summed E-state index contributed by atoms with van der Waals surface area (Å²) in [7, 11) is 1.81. The minimum Gasteiger partial charge on any atom is -0.323 e. The second-order valence-electron chi connectivity index (χ2n) is 4.02. The van der Waals surface area contributed by atoms with Gasteiger partial charge in [-0.15, -0.1) is 0 Å². The highest BCUT2D eigenvalue weighted by molar-refractivity contribution is 6.30. The van der Waals surface area contributed by atoms with Crippen LogP contribution in [-0.4, -0.2) is 25.5 Å². The molecular weight excluding hydrogens is 254 g/mol. The second-order valence-corrected chi connectivity index (χ2v) is 4.46. The molecule has 2 aromatic rings. The number of carbonyl (C=O) groups excluding carboxylic acids is 1. The van der Waals surface area contributed by atoms with Crippen molar-refractivity contribution in [3.8, 4) is 0 Å². The molecule has 2 aromatic heterocycles. The van der Waals surface area contributed by atoms with Gasteiger partial charge in [0.2, 0.25) is 5.91 Å². The molecule has 2 heterocycles. The van der Waals surface area contributed by atoms with Gasteiger partial charge in [-0.25, -0.2) is 0 Å². The summed E-state index contributed by atoms with van der Waals surface area (Å²) in [4.78, 5) is 11.7. The lowest BCUT2D eigenvalue weighted by molar-refractivity contribution is -0.116. The smallest absolute Gasteiger partial charge is 0.226 e. The lowest BCUT2D eigenvalue weighted by Gasteiger charge is -2.03. The van der Waals surface area contributed by atoms with Gasteiger partial charge in [0.15, 0.2) is 0 Å². The van der Waals surface area contributed by atoms with Gasteiger partial charge in [0.1, 0.15) is 0 Å². The maximum absolute atomic E-state index is 11.7. The van der Waals surface area contributed by atoms with Crippen LogP contribution >= 0.6 is 11.6 Å². The van der Waals surface area contributed by atoms with Gasteiger partial charge in [-0.05, 0) is 6.92 Å². The summed E-state index contributed by atoms with van der Waals surface area (Å²) in [5.74, 6) is -0.0716. The van der Waals surface area contributed by atoms with Crippen molar-refractivity contribution in [2.45, 2.75) is 19.9 Å². The summed E-state index contributed by atoms with van der Waals surface area (Å²) in [5.41, 5.74) is 1.54. The third-order valence-corrected chi connectivity index (χ3v) is 2.65. The molecule has 0 saturated carbocycles. The van der Waals surface area contributed by atoms with E-state index in [9.17, 15) is 4.79 Å². The van der Waals surface area contributed by atoms with Crippen molar-refractivity contribution in [1.82, 2.24) is 19.6 Å². The number of amides is 1. The van der Waals surface area contributed by atoms with E-state index in [1.165, 1.54) is 0 Å². The quantitative estimate of drug-likeness (QED) is 0.915. The van der Waals surface area contributed by atoms with Crippen LogP contribution in [0.15, 0.2) is 18.6 Å². The topological polar surface area (TPSA) is 64.7 Å². The number of carbonyl (C=O) groups is 1. The molecule has 0 saturated heterocycles. The molecule has 0 aliphatic carbocycles. The summed E-state index contributed by atoms with van der Waals surface area (Å²) in [6.07, 6.45) is 5.35. The third kappa shape index (κ3) is 3.10. The van der Waals surface area contributed by atoms with Crippen molar-refractivity contribution in [2.75, 3.05) is 5.32 Å². The van der Waals surface area contributed by atoms with Crippen LogP contribution in [0.25, 0.3) is 0 Å². The summed E-state index contributed by atoms with van der Waals surface area (Å²) in [6.45, 7) is 2.35. The van der Waals surface area contributed by atoms with Gasteiger partial charge in [0, 0.05) is 32.4 Å². The lowest BCUT2D eigenvalue weighted by Crippen LogP contribution is -2.14. The lowest BCUT2D eigenvalue weighted by atomic mass is 10.3. The van der Waals surface area contributed by atoms with Gasteiger partial charge in [-0.1, -0.05) is 11.6 Å². The van der Waals surface area contributed by atoms with Gasteiger partial charge >= 0.3 is 0 Å². The fourth-order valence-corrected chi connectivity index (χ4v) is 1.77. The molecule has 0 aromatic carbocycles. The Kier molecular flexibility index (Phi) is 3.66. The SMILES string of the molecule is Cc1nn(C)cc1NC(=O)CCn1cc(Cl)cn1. The molecule has 96 valence electrons. The first-order chi connectivity index (χ1) is 8.54. The summed E-state index contributed by atoms with van der Waals surface area (Å²) in [6, 6.07) is 0. The van der Waals surface area contributed by atoms with E-state index < -0.39 is 0 Å². The second kappa shape index (κ2) is 5.22. The molecule has 6 nitrogen and oxygen atoms in total. The van der Waals surface area contributed by atoms with Crippen LogP contribution in [0.2, 0.25) is 5.02 Å². The van der Waals surface area contributed by atoms with E-state index in [2.05, 4.69) is 15.5 Å². The number of nitrogens with zero attached hydrogens (tertiary/aromatic N) is 4. The zero-order valence-corrected chi connectivity index (χ0v) is 11.0. The van der Waals surface area contributed by atoms with E-state index in [1.54, 1.807) is 28.0 Å². The van der Waals surface area contributed by atoms with Gasteiger partial charge in [-0.2, -0.15) is 10.2 Å². The summed E-state index contributed by atoms with van der Waals surface area (Å²) < 4.78 is 3.30. The van der Waals surface area contributed by atoms with E-state index >= 15 is 0 Å². The van der Waals surface area contributed by atoms with E-state index in [1.807, 2.05) is 14.0 Å². The first-order valence-electron chi connectivity index (χ1n) is 5.52. The Morgan fingerprint density at radius 2 is 2.28 bits per heavy atom. The van der Waals surface area contributed by atoms with Crippen LogP contribution in [0, 0.1) is 6.92 Å². The van der Waals surface area contributed by atoms with E-state index in [4.69, 9.17) is 11.6 Å². The van der Waals surface area contributed by atoms with Crippen LogP contribution in [0.4, 0.5) is 5.69 Å². The fraction of sp³-hybridized carbons (Fsp3) is 0.364. The Morgan fingerprint density at radius 1 is 1.50 bits per heavy atom. The van der Waals surface area contributed by atoms with Crippen molar-refractivity contribution in [3.63, 3.8) is 0 Å². The third-order valence-electron chi connectivity index (χ3n) is 2.46. The maximum atomic E-state index is 11.7. The molecule has 0 fully saturated rings. The largest absolute Gasteiger partial charge is 0.323 e. The zero-order chi connectivity index (χ0) is 13.1. The minimum atomic E-state index is -0.0716. The molecule has 0 aliphatic heterocycles. The van der Waals surface area contributed by atoms with E-state index in [0.29, 0.717) is 18.0 Å². The van der Waals surface area contributed by atoms with Crippen molar-refractivity contribution in [1.29, 1.82) is 0 Å². The molecule has 0 aliphatic rings. The average Bonchev–Trinajstić information content (AvgIpc) is 2.83. The van der Waals surface area contributed by atoms with Crippen molar-refractivity contribution in [3.05, 3.63) is 29.3 Å². The van der Waals surface area contributed by atoms with E-state index in [-0.39, 0.29) is 5.91 Å². The number of hydrogen-bond acceptors (Lipinski definition) is 3. The molecule has 0 atom stereocenters. The predicted molar refractivity (Wildman–Crippen MR) is 68.4 cm³/mol. The number of rotatable bonds is 4. The number of nitrogens with one attached hydrogen (secondary N) is 1. The number of halogens is 1. The number of hydrogen-bond donors (Lipinski definition) is 1. The van der Waals surface area contributed by atoms with Crippen LogP contribution in [0.1, 0.15) is 12.1 Å². The molecule has 0 unspecified atom stereocenters. The first-order valence-corrected chi connectivity index (χ1v) is 5.90. The highest BCUT2D eigenvalue weighted by atomic mass is 35.5. The zero-order valence-electron chi connectivity index (χ0n) is 10.2. The Balaban J connectivity index is 1.87. The van der Waals surface area contributed by atoms with Crippen molar-refractivity contribution < 1.29 is 4.79 Å². The monoisotopic (exact) mass is 267 g/mol. The normalized spacial score (nSPS) is 10.6. The molecule has 0 bridgehead atoms. The Bertz CT molecular complexity index is 560. The average molecular weight is 268 g/mol. The molecule has 0 radical (unpaired) electrons. The van der Waals surface area contributed by atoms with Crippen LogP contribution in [0.3, 0.4) is 0 Å². The van der Waals surface area contributed by atoms with Crippen LogP contribution < -0.4 is 5.32 Å². The first kappa shape index (κ1) is 12.6. The standard InChI is InChI=1S/C11H14ClN5O/c1-8-10(7-16(2)15-8)14-11(18)3-4-17-6-9(12)5-13-17/h5-7H,3-4H2,1-2H3,(H,14,18). The molecule has 18 heavy (non-hydrogen) atoms. The molecule has 0 spiro atoms. The summed E-state index contributed by atoms with van der Waals surface area (Å²) >= 11 is 5.73. The summed E-state index contributed by atoms with van der Waals surface area (Å²) in [5, 5.41) is 11.5. The van der Waals surface area contributed by atoms with Gasteiger partial charge in [0.25, 0.3) is 0 Å². The van der Waals surface area contributed by atoms with E-state index in [0.717, 1.165) is 11.4 Å². The molecule has 7 heteroatoms. The number of aryl methyl sites for hydroxylation is 3.